The molecule has 108 valence electrons. The van der Waals surface area contributed by atoms with Gasteiger partial charge >= 0.3 is 0 Å². The largest absolute Gasteiger partial charge is 0.330 e. The number of anilines is 1. The highest BCUT2D eigenvalue weighted by atomic mass is 32.2. The third-order valence-corrected chi connectivity index (χ3v) is 6.88. The van der Waals surface area contributed by atoms with Crippen molar-refractivity contribution >= 4 is 37.8 Å². The van der Waals surface area contributed by atoms with Gasteiger partial charge in [-0.25, -0.2) is 13.4 Å². The van der Waals surface area contributed by atoms with Crippen LogP contribution in [0.5, 0.6) is 0 Å². The zero-order chi connectivity index (χ0) is 14.2. The van der Waals surface area contributed by atoms with Gasteiger partial charge in [-0.2, -0.15) is 0 Å². The molecule has 0 atom stereocenters. The summed E-state index contributed by atoms with van der Waals surface area (Å²) in [7, 11) is -3.23. The van der Waals surface area contributed by atoms with Crippen LogP contribution in [-0.2, 0) is 16.4 Å². The summed E-state index contributed by atoms with van der Waals surface area (Å²) in [6.07, 6.45) is 2.36. The molecule has 2 aromatic rings. The number of nitrogens with zero attached hydrogens (tertiary/aromatic N) is 1. The van der Waals surface area contributed by atoms with Crippen LogP contribution in [0.2, 0.25) is 0 Å². The number of aromatic nitrogens is 1. The highest BCUT2D eigenvalue weighted by molar-refractivity contribution is 7.93. The van der Waals surface area contributed by atoms with Gasteiger partial charge < -0.3 is 5.73 Å². The van der Waals surface area contributed by atoms with Crippen molar-refractivity contribution in [3.63, 3.8) is 0 Å². The molecule has 3 N–H and O–H groups in total. The Labute approximate surface area is 125 Å². The maximum Gasteiger partial charge on any atom is 0.237 e. The molecule has 20 heavy (non-hydrogen) atoms. The van der Waals surface area contributed by atoms with E-state index in [9.17, 15) is 8.42 Å². The van der Waals surface area contributed by atoms with Crippen molar-refractivity contribution in [3.05, 3.63) is 22.4 Å². The molecule has 0 bridgehead atoms. The lowest BCUT2D eigenvalue weighted by Crippen LogP contribution is -2.17. The fraction of sp³-hybridized carbons (Fsp3) is 0.417. The number of hydrogen-bond acceptors (Lipinski definition) is 6. The summed E-state index contributed by atoms with van der Waals surface area (Å²) < 4.78 is 26.2. The Balaban J connectivity index is 1.75. The van der Waals surface area contributed by atoms with Gasteiger partial charge in [0.2, 0.25) is 10.0 Å². The Morgan fingerprint density at radius 2 is 2.20 bits per heavy atom. The van der Waals surface area contributed by atoms with Crippen LogP contribution in [0.1, 0.15) is 17.7 Å². The molecule has 2 heterocycles. The van der Waals surface area contributed by atoms with E-state index in [-0.39, 0.29) is 5.25 Å². The molecule has 1 fully saturated rings. The quantitative estimate of drug-likeness (QED) is 0.851. The highest BCUT2D eigenvalue weighted by Gasteiger charge is 2.36. The minimum absolute atomic E-state index is 0.229. The second-order valence-electron chi connectivity index (χ2n) is 4.69. The van der Waals surface area contributed by atoms with Gasteiger partial charge in [0.15, 0.2) is 5.13 Å². The summed E-state index contributed by atoms with van der Waals surface area (Å²) in [6, 6.07) is 4.05. The topological polar surface area (TPSA) is 85.1 Å². The lowest BCUT2D eigenvalue weighted by Gasteiger charge is -2.01. The van der Waals surface area contributed by atoms with Gasteiger partial charge in [0.1, 0.15) is 0 Å². The molecule has 0 aromatic carbocycles. The van der Waals surface area contributed by atoms with Crippen LogP contribution >= 0.6 is 22.7 Å². The molecule has 1 aliphatic carbocycles. The summed E-state index contributed by atoms with van der Waals surface area (Å²) in [5, 5.41) is 2.09. The Morgan fingerprint density at radius 3 is 2.90 bits per heavy atom. The van der Waals surface area contributed by atoms with Crippen molar-refractivity contribution in [1.82, 2.24) is 4.98 Å². The average Bonchev–Trinajstić information content (AvgIpc) is 3.02. The van der Waals surface area contributed by atoms with Gasteiger partial charge in [0.05, 0.1) is 15.8 Å². The molecule has 0 spiro atoms. The number of sulfonamides is 1. The molecule has 1 saturated carbocycles. The Morgan fingerprint density at radius 1 is 1.40 bits per heavy atom. The molecule has 0 saturated heterocycles. The maximum absolute atomic E-state index is 11.8. The molecule has 5 nitrogen and oxygen atoms in total. The van der Waals surface area contributed by atoms with Crippen LogP contribution in [0.15, 0.2) is 17.5 Å². The number of nitrogens with one attached hydrogen (secondary N) is 1. The summed E-state index contributed by atoms with van der Waals surface area (Å²) in [6.45, 7) is 0.628. The fourth-order valence-electron chi connectivity index (χ4n) is 1.81. The van der Waals surface area contributed by atoms with Crippen molar-refractivity contribution in [2.75, 3.05) is 11.3 Å². The molecule has 8 heteroatoms. The molecule has 0 aliphatic heterocycles. The van der Waals surface area contributed by atoms with Gasteiger partial charge in [-0.3, -0.25) is 4.72 Å². The van der Waals surface area contributed by atoms with Crippen LogP contribution in [0.25, 0.3) is 10.6 Å². The smallest absolute Gasteiger partial charge is 0.237 e. The third kappa shape index (κ3) is 3.03. The summed E-state index contributed by atoms with van der Waals surface area (Å²) >= 11 is 2.97. The molecular formula is C12H15N3O2S3. The molecule has 1 aliphatic rings. The van der Waals surface area contributed by atoms with E-state index in [1.165, 1.54) is 16.2 Å². The normalized spacial score (nSPS) is 15.4. The van der Waals surface area contributed by atoms with Crippen molar-refractivity contribution in [3.8, 4) is 10.6 Å². The second kappa shape index (κ2) is 5.44. The predicted octanol–water partition coefficient (Wildman–Crippen LogP) is 2.28. The van der Waals surface area contributed by atoms with Gasteiger partial charge in [0.25, 0.3) is 0 Å². The first-order valence-corrected chi connectivity index (χ1v) is 9.59. The molecular weight excluding hydrogens is 314 g/mol. The fourth-order valence-corrected chi connectivity index (χ4v) is 5.17. The minimum Gasteiger partial charge on any atom is -0.330 e. The molecule has 2 aromatic heterocycles. The summed E-state index contributed by atoms with van der Waals surface area (Å²) in [5.74, 6) is 0. The second-order valence-corrected chi connectivity index (χ2v) is 8.68. The zero-order valence-corrected chi connectivity index (χ0v) is 13.2. The van der Waals surface area contributed by atoms with E-state index in [4.69, 9.17) is 5.73 Å². The minimum atomic E-state index is -3.23. The first kappa shape index (κ1) is 14.0. The van der Waals surface area contributed by atoms with E-state index >= 15 is 0 Å². The number of thiazole rings is 1. The van der Waals surface area contributed by atoms with Gasteiger partial charge in [-0.15, -0.1) is 22.7 Å². The number of rotatable bonds is 6. The Bertz CT molecular complexity index is 701. The van der Waals surface area contributed by atoms with E-state index in [2.05, 4.69) is 9.71 Å². The summed E-state index contributed by atoms with van der Waals surface area (Å²) in [5.41, 5.74) is 6.35. The molecule has 3 rings (SSSR count). The number of thiophene rings is 1. The Hall–Kier alpha value is -0.960. The standard InChI is InChI=1S/C12H15N3O2S3/c13-6-5-8-1-4-11(19-8)10-7-18-12(14-10)15-20(16,17)9-2-3-9/h1,4,7,9H,2-3,5-6,13H2,(H,14,15). The van der Waals surface area contributed by atoms with E-state index in [0.717, 1.165) is 29.8 Å². The van der Waals surface area contributed by atoms with Crippen molar-refractivity contribution in [1.29, 1.82) is 0 Å². The SMILES string of the molecule is NCCc1ccc(-c2csc(NS(=O)(=O)C3CC3)n2)s1. The van der Waals surface area contributed by atoms with Crippen LogP contribution < -0.4 is 10.5 Å². The number of nitrogens with two attached hydrogens (primary N) is 1. The molecule has 0 radical (unpaired) electrons. The maximum atomic E-state index is 11.8. The first-order chi connectivity index (χ1) is 9.58. The van der Waals surface area contributed by atoms with Crippen molar-refractivity contribution < 1.29 is 8.42 Å². The monoisotopic (exact) mass is 329 g/mol. The lowest BCUT2D eigenvalue weighted by atomic mass is 10.3. The predicted molar refractivity (Wildman–Crippen MR) is 83.7 cm³/mol. The third-order valence-electron chi connectivity index (χ3n) is 3.00. The van der Waals surface area contributed by atoms with Crippen LogP contribution in [0.4, 0.5) is 5.13 Å². The van der Waals surface area contributed by atoms with E-state index in [1.54, 1.807) is 11.3 Å². The first-order valence-electron chi connectivity index (χ1n) is 6.35. The van der Waals surface area contributed by atoms with Crippen molar-refractivity contribution in [2.45, 2.75) is 24.5 Å². The molecule has 0 amide bonds. The van der Waals surface area contributed by atoms with Gasteiger partial charge in [-0.05, 0) is 37.9 Å². The van der Waals surface area contributed by atoms with Gasteiger partial charge in [-0.1, -0.05) is 0 Å². The molecule has 0 unspecified atom stereocenters. The average molecular weight is 329 g/mol. The van der Waals surface area contributed by atoms with Crippen LogP contribution in [0.3, 0.4) is 0 Å². The highest BCUT2D eigenvalue weighted by Crippen LogP contribution is 2.33. The number of hydrogen-bond donors (Lipinski definition) is 2. The Kier molecular flexibility index (Phi) is 3.80. The zero-order valence-electron chi connectivity index (χ0n) is 10.7. The van der Waals surface area contributed by atoms with Crippen LogP contribution in [-0.4, -0.2) is 25.2 Å². The van der Waals surface area contributed by atoms with Crippen LogP contribution in [0, 0.1) is 0 Å². The van der Waals surface area contributed by atoms with Gasteiger partial charge in [0, 0.05) is 10.3 Å². The summed E-state index contributed by atoms with van der Waals surface area (Å²) in [4.78, 5) is 6.62. The van der Waals surface area contributed by atoms with E-state index < -0.39 is 10.0 Å². The van der Waals surface area contributed by atoms with Crippen molar-refractivity contribution in [2.24, 2.45) is 5.73 Å². The van der Waals surface area contributed by atoms with E-state index in [1.807, 2.05) is 17.5 Å². The van der Waals surface area contributed by atoms with E-state index in [0.29, 0.717) is 11.7 Å². The lowest BCUT2D eigenvalue weighted by molar-refractivity contribution is 0.600.